The van der Waals surface area contributed by atoms with Gasteiger partial charge in [-0.25, -0.2) is 5.43 Å². The quantitative estimate of drug-likeness (QED) is 0.650. The number of hydrazine groups is 1. The average Bonchev–Trinajstić information content (AvgIpc) is 2.96. The number of pyridine rings is 1. The number of hydrogen-bond donors (Lipinski definition) is 2. The fourth-order valence-electron chi connectivity index (χ4n) is 2.60. The van der Waals surface area contributed by atoms with Crippen LogP contribution < -0.4 is 16.0 Å². The Labute approximate surface area is 124 Å². The third-order valence-corrected chi connectivity index (χ3v) is 3.62. The molecule has 0 radical (unpaired) electrons. The molecule has 0 aliphatic carbocycles. The molecule has 21 heavy (non-hydrogen) atoms. The van der Waals surface area contributed by atoms with Crippen molar-refractivity contribution in [3.05, 3.63) is 58.9 Å². The number of ether oxygens (including phenoxy) is 2. The van der Waals surface area contributed by atoms with Crippen LogP contribution in [-0.4, -0.2) is 11.6 Å². The van der Waals surface area contributed by atoms with Crippen LogP contribution in [0.15, 0.2) is 36.7 Å². The molecule has 5 heteroatoms. The largest absolute Gasteiger partial charge is 0.492 e. The smallest absolute Gasteiger partial charge is 0.137 e. The topological polar surface area (TPSA) is 69.4 Å². The number of benzene rings is 1. The standard InChI is InChI=1S/C16H19N3O2/c1-2-21-15-6-13(7-18-8-15)16(19-17)11-3-4-12-9-20-10-14(12)5-11/h3-8,16,19H,2,9-10,17H2,1H3. The summed E-state index contributed by atoms with van der Waals surface area (Å²) in [6, 6.07) is 8.15. The van der Waals surface area contributed by atoms with E-state index in [2.05, 4.69) is 28.6 Å². The number of rotatable bonds is 5. The first-order valence-electron chi connectivity index (χ1n) is 7.05. The molecule has 0 bridgehead atoms. The molecule has 1 aromatic carbocycles. The monoisotopic (exact) mass is 285 g/mol. The van der Waals surface area contributed by atoms with E-state index in [0.717, 1.165) is 16.9 Å². The van der Waals surface area contributed by atoms with E-state index < -0.39 is 0 Å². The number of hydrogen-bond acceptors (Lipinski definition) is 5. The lowest BCUT2D eigenvalue weighted by Gasteiger charge is -2.18. The molecular weight excluding hydrogens is 266 g/mol. The van der Waals surface area contributed by atoms with Gasteiger partial charge in [0, 0.05) is 6.20 Å². The van der Waals surface area contributed by atoms with Gasteiger partial charge in [0.1, 0.15) is 5.75 Å². The number of nitrogens with two attached hydrogens (primary N) is 1. The Bertz CT molecular complexity index is 631. The maximum Gasteiger partial charge on any atom is 0.137 e. The third kappa shape index (κ3) is 2.90. The lowest BCUT2D eigenvalue weighted by Crippen LogP contribution is -2.29. The van der Waals surface area contributed by atoms with Gasteiger partial charge in [0.25, 0.3) is 0 Å². The minimum absolute atomic E-state index is 0.121. The molecular formula is C16H19N3O2. The van der Waals surface area contributed by atoms with Crippen molar-refractivity contribution in [1.29, 1.82) is 0 Å². The number of fused-ring (bicyclic) bond motifs is 1. The lowest BCUT2D eigenvalue weighted by molar-refractivity contribution is 0.134. The zero-order chi connectivity index (χ0) is 14.7. The van der Waals surface area contributed by atoms with Gasteiger partial charge in [-0.05, 0) is 35.2 Å². The van der Waals surface area contributed by atoms with Gasteiger partial charge in [-0.1, -0.05) is 18.2 Å². The highest BCUT2D eigenvalue weighted by atomic mass is 16.5. The fourth-order valence-corrected chi connectivity index (χ4v) is 2.60. The molecule has 2 heterocycles. The van der Waals surface area contributed by atoms with E-state index in [1.54, 1.807) is 12.4 Å². The van der Waals surface area contributed by atoms with E-state index in [-0.39, 0.29) is 6.04 Å². The molecule has 2 aromatic rings. The molecule has 0 saturated heterocycles. The van der Waals surface area contributed by atoms with Crippen LogP contribution in [0.2, 0.25) is 0 Å². The van der Waals surface area contributed by atoms with E-state index in [4.69, 9.17) is 15.3 Å². The van der Waals surface area contributed by atoms with Crippen LogP contribution in [0.3, 0.4) is 0 Å². The molecule has 0 spiro atoms. The Morgan fingerprint density at radius 2 is 2.10 bits per heavy atom. The van der Waals surface area contributed by atoms with Crippen LogP contribution in [0.4, 0.5) is 0 Å². The summed E-state index contributed by atoms with van der Waals surface area (Å²) in [5, 5.41) is 0. The van der Waals surface area contributed by atoms with Gasteiger partial charge in [0.15, 0.2) is 0 Å². The summed E-state index contributed by atoms with van der Waals surface area (Å²) in [5.41, 5.74) is 7.40. The van der Waals surface area contributed by atoms with Crippen LogP contribution in [0.5, 0.6) is 5.75 Å². The summed E-state index contributed by atoms with van der Waals surface area (Å²) in [5.74, 6) is 6.51. The molecule has 3 rings (SSSR count). The van der Waals surface area contributed by atoms with E-state index in [1.165, 1.54) is 11.1 Å². The Morgan fingerprint density at radius 1 is 1.24 bits per heavy atom. The molecule has 1 aliphatic rings. The van der Waals surface area contributed by atoms with Crippen molar-refractivity contribution in [3.63, 3.8) is 0 Å². The Kier molecular flexibility index (Phi) is 4.15. The number of nitrogens with one attached hydrogen (secondary N) is 1. The summed E-state index contributed by atoms with van der Waals surface area (Å²) >= 11 is 0. The molecule has 1 atom stereocenters. The first kappa shape index (κ1) is 14.0. The van der Waals surface area contributed by atoms with Crippen molar-refractivity contribution >= 4 is 0 Å². The molecule has 0 saturated carbocycles. The highest BCUT2D eigenvalue weighted by Crippen LogP contribution is 2.28. The van der Waals surface area contributed by atoms with Crippen molar-refractivity contribution < 1.29 is 9.47 Å². The van der Waals surface area contributed by atoms with Crippen LogP contribution in [0.25, 0.3) is 0 Å². The highest BCUT2D eigenvalue weighted by molar-refractivity contribution is 5.39. The number of nitrogens with zero attached hydrogens (tertiary/aromatic N) is 1. The van der Waals surface area contributed by atoms with Crippen molar-refractivity contribution in [2.45, 2.75) is 26.2 Å². The summed E-state index contributed by atoms with van der Waals surface area (Å²) in [7, 11) is 0. The minimum atomic E-state index is -0.121. The van der Waals surface area contributed by atoms with Gasteiger partial charge >= 0.3 is 0 Å². The summed E-state index contributed by atoms with van der Waals surface area (Å²) in [4.78, 5) is 4.22. The minimum Gasteiger partial charge on any atom is -0.492 e. The fraction of sp³-hybridized carbons (Fsp3) is 0.312. The zero-order valence-electron chi connectivity index (χ0n) is 12.0. The highest BCUT2D eigenvalue weighted by Gasteiger charge is 2.17. The third-order valence-electron chi connectivity index (χ3n) is 3.62. The predicted molar refractivity (Wildman–Crippen MR) is 79.5 cm³/mol. The van der Waals surface area contributed by atoms with Crippen LogP contribution in [0.1, 0.15) is 35.2 Å². The van der Waals surface area contributed by atoms with Gasteiger partial charge < -0.3 is 9.47 Å². The van der Waals surface area contributed by atoms with E-state index >= 15 is 0 Å². The van der Waals surface area contributed by atoms with Crippen LogP contribution in [-0.2, 0) is 18.0 Å². The van der Waals surface area contributed by atoms with E-state index in [0.29, 0.717) is 19.8 Å². The number of aromatic nitrogens is 1. The van der Waals surface area contributed by atoms with Crippen LogP contribution >= 0.6 is 0 Å². The van der Waals surface area contributed by atoms with Gasteiger partial charge in [0.2, 0.25) is 0 Å². The zero-order valence-corrected chi connectivity index (χ0v) is 12.0. The SMILES string of the molecule is CCOc1cncc(C(NN)c2ccc3c(c2)COC3)c1. The Hall–Kier alpha value is -1.95. The molecule has 3 N–H and O–H groups in total. The second-order valence-corrected chi connectivity index (χ2v) is 5.01. The Morgan fingerprint density at radius 3 is 2.90 bits per heavy atom. The summed E-state index contributed by atoms with van der Waals surface area (Å²) in [6.07, 6.45) is 3.51. The summed E-state index contributed by atoms with van der Waals surface area (Å²) in [6.45, 7) is 3.92. The van der Waals surface area contributed by atoms with Gasteiger partial charge in [0.05, 0.1) is 32.1 Å². The molecule has 5 nitrogen and oxygen atoms in total. The Balaban J connectivity index is 1.92. The van der Waals surface area contributed by atoms with Crippen molar-refractivity contribution in [3.8, 4) is 5.75 Å². The predicted octanol–water partition coefficient (Wildman–Crippen LogP) is 2.06. The molecule has 1 aromatic heterocycles. The first-order chi connectivity index (χ1) is 10.3. The average molecular weight is 285 g/mol. The van der Waals surface area contributed by atoms with Crippen molar-refractivity contribution in [1.82, 2.24) is 10.4 Å². The first-order valence-corrected chi connectivity index (χ1v) is 7.05. The maximum atomic E-state index is 5.76. The van der Waals surface area contributed by atoms with E-state index in [9.17, 15) is 0 Å². The second-order valence-electron chi connectivity index (χ2n) is 5.01. The normalized spacial score (nSPS) is 14.8. The lowest BCUT2D eigenvalue weighted by atomic mass is 9.97. The molecule has 0 amide bonds. The van der Waals surface area contributed by atoms with Crippen molar-refractivity contribution in [2.24, 2.45) is 5.84 Å². The summed E-state index contributed by atoms with van der Waals surface area (Å²) < 4.78 is 11.0. The second kappa shape index (κ2) is 6.22. The van der Waals surface area contributed by atoms with Gasteiger partial charge in [-0.2, -0.15) is 0 Å². The molecule has 0 fully saturated rings. The van der Waals surface area contributed by atoms with Crippen molar-refractivity contribution in [2.75, 3.05) is 6.61 Å². The van der Waals surface area contributed by atoms with E-state index in [1.807, 2.05) is 13.0 Å². The molecule has 1 unspecified atom stereocenters. The molecule has 110 valence electrons. The molecule has 1 aliphatic heterocycles. The van der Waals surface area contributed by atoms with Gasteiger partial charge in [-0.3, -0.25) is 10.8 Å². The van der Waals surface area contributed by atoms with Gasteiger partial charge in [-0.15, -0.1) is 0 Å². The van der Waals surface area contributed by atoms with Crippen LogP contribution in [0, 0.1) is 0 Å². The maximum absolute atomic E-state index is 5.76.